The molecule has 0 amide bonds. The van der Waals surface area contributed by atoms with Crippen LogP contribution in [0.3, 0.4) is 0 Å². The van der Waals surface area contributed by atoms with Crippen LogP contribution in [0.25, 0.3) is 22.2 Å². The number of aromatic nitrogens is 3. The van der Waals surface area contributed by atoms with Gasteiger partial charge in [-0.2, -0.15) is 5.10 Å². The summed E-state index contributed by atoms with van der Waals surface area (Å²) >= 11 is 0. The van der Waals surface area contributed by atoms with E-state index in [9.17, 15) is 0 Å². The Morgan fingerprint density at radius 3 is 2.73 bits per heavy atom. The lowest BCUT2D eigenvalue weighted by molar-refractivity contribution is 0.291. The number of rotatable bonds is 9. The zero-order chi connectivity index (χ0) is 19.5. The lowest BCUT2D eigenvalue weighted by Crippen LogP contribution is -2.23. The van der Waals surface area contributed by atoms with Crippen LogP contribution in [0.1, 0.15) is 11.1 Å². The second-order valence-electron chi connectivity index (χ2n) is 7.47. The highest BCUT2D eigenvalue weighted by Gasteiger charge is 2.25. The molecule has 0 atom stereocenters. The summed E-state index contributed by atoms with van der Waals surface area (Å²) in [5, 5.41) is 22.0. The highest BCUT2D eigenvalue weighted by Crippen LogP contribution is 2.41. The van der Waals surface area contributed by atoms with Crippen molar-refractivity contribution in [3.63, 3.8) is 0 Å². The quantitative estimate of drug-likeness (QED) is 0.338. The van der Waals surface area contributed by atoms with Gasteiger partial charge >= 0.3 is 0 Å². The van der Waals surface area contributed by atoms with Crippen molar-refractivity contribution in [2.45, 2.75) is 13.0 Å². The van der Waals surface area contributed by atoms with Gasteiger partial charge in [0.1, 0.15) is 5.69 Å². The maximum Gasteiger partial charge on any atom is 0.102 e. The van der Waals surface area contributed by atoms with Gasteiger partial charge in [0.25, 0.3) is 0 Å². The maximum absolute atomic E-state index is 8.97. The molecule has 1 aliphatic rings. The lowest BCUT2D eigenvalue weighted by Gasteiger charge is -2.20. The van der Waals surface area contributed by atoms with E-state index in [0.717, 1.165) is 49.4 Å². The monoisotopic (exact) mass is 452 g/mol. The van der Waals surface area contributed by atoms with Crippen molar-refractivity contribution in [1.82, 2.24) is 25.0 Å². The smallest absolute Gasteiger partial charge is 0.102 e. The number of hydrogen-bond donors (Lipinski definition) is 3. The van der Waals surface area contributed by atoms with Gasteiger partial charge < -0.3 is 20.6 Å². The molecule has 9 heteroatoms. The largest absolute Gasteiger partial charge is 0.395 e. The third-order valence-corrected chi connectivity index (χ3v) is 5.22. The van der Waals surface area contributed by atoms with Crippen LogP contribution >= 0.6 is 24.8 Å². The molecule has 7 nitrogen and oxygen atoms in total. The van der Waals surface area contributed by atoms with Crippen molar-refractivity contribution in [3.05, 3.63) is 41.7 Å². The molecule has 164 valence electrons. The van der Waals surface area contributed by atoms with E-state index in [1.165, 1.54) is 22.2 Å². The average molecular weight is 453 g/mol. The number of benzene rings is 1. The van der Waals surface area contributed by atoms with E-state index >= 15 is 0 Å². The molecule has 2 heterocycles. The summed E-state index contributed by atoms with van der Waals surface area (Å²) in [4.78, 5) is 6.52. The lowest BCUT2D eigenvalue weighted by atomic mass is 9.88. The third kappa shape index (κ3) is 4.87. The number of aliphatic hydroxyl groups excluding tert-OH is 1. The summed E-state index contributed by atoms with van der Waals surface area (Å²) in [6.07, 6.45) is 4.68. The predicted octanol–water partition coefficient (Wildman–Crippen LogP) is 2.40. The van der Waals surface area contributed by atoms with Crippen LogP contribution in [-0.4, -0.2) is 71.7 Å². The van der Waals surface area contributed by atoms with Gasteiger partial charge in [-0.1, -0.05) is 0 Å². The number of nitrogens with zero attached hydrogens (tertiary/aromatic N) is 4. The molecule has 0 saturated heterocycles. The normalized spacial score (nSPS) is 11.7. The fourth-order valence-electron chi connectivity index (χ4n) is 3.83. The first-order valence-corrected chi connectivity index (χ1v) is 9.85. The minimum atomic E-state index is 0. The zero-order valence-corrected chi connectivity index (χ0v) is 19.0. The summed E-state index contributed by atoms with van der Waals surface area (Å²) in [5.41, 5.74) is 7.10. The summed E-state index contributed by atoms with van der Waals surface area (Å²) in [6, 6.07) is 6.45. The van der Waals surface area contributed by atoms with E-state index in [1.807, 2.05) is 12.4 Å². The van der Waals surface area contributed by atoms with Crippen molar-refractivity contribution < 1.29 is 5.11 Å². The Hall–Kier alpha value is -1.90. The molecular formula is C21H30Cl2N6O. The minimum absolute atomic E-state index is 0. The Morgan fingerprint density at radius 1 is 1.13 bits per heavy atom. The molecule has 0 radical (unpaired) electrons. The minimum Gasteiger partial charge on any atom is -0.395 e. The van der Waals surface area contributed by atoms with Gasteiger partial charge in [0, 0.05) is 61.6 Å². The molecule has 1 aliphatic carbocycles. The van der Waals surface area contributed by atoms with Crippen LogP contribution in [0.4, 0.5) is 5.69 Å². The molecule has 1 aromatic carbocycles. The number of nitrogens with one attached hydrogen (secondary N) is 2. The number of likely N-dealkylation sites (N-methyl/N-ethyl adjacent to an activating group) is 1. The molecule has 0 aliphatic heterocycles. The number of halogens is 2. The number of anilines is 1. The highest BCUT2D eigenvalue weighted by molar-refractivity contribution is 6.01. The summed E-state index contributed by atoms with van der Waals surface area (Å²) in [7, 11) is 4.18. The van der Waals surface area contributed by atoms with Crippen molar-refractivity contribution in [2.24, 2.45) is 0 Å². The summed E-state index contributed by atoms with van der Waals surface area (Å²) < 4.78 is 2.07. The molecule has 0 spiro atoms. The molecule has 0 fully saturated rings. The Morgan fingerprint density at radius 2 is 1.97 bits per heavy atom. The first-order chi connectivity index (χ1) is 13.7. The molecule has 0 unspecified atom stereocenters. The molecular weight excluding hydrogens is 423 g/mol. The van der Waals surface area contributed by atoms with Crippen LogP contribution in [0.2, 0.25) is 0 Å². The van der Waals surface area contributed by atoms with Gasteiger partial charge in [-0.15, -0.1) is 24.8 Å². The van der Waals surface area contributed by atoms with Gasteiger partial charge in [-0.3, -0.25) is 9.67 Å². The Balaban J connectivity index is 0.00000160. The van der Waals surface area contributed by atoms with Gasteiger partial charge in [0.15, 0.2) is 0 Å². The Labute approximate surface area is 189 Å². The number of pyridine rings is 1. The topological polar surface area (TPSA) is 78.2 Å². The van der Waals surface area contributed by atoms with E-state index in [4.69, 9.17) is 10.2 Å². The number of aliphatic hydroxyl groups is 1. The van der Waals surface area contributed by atoms with Crippen molar-refractivity contribution in [1.29, 1.82) is 0 Å². The molecule has 3 N–H and O–H groups in total. The SMILES string of the molecule is CN(C)CCNc1ccc2c3c(nn2CCNCCO)-c2cnccc2Cc13.Cl.Cl. The van der Waals surface area contributed by atoms with Gasteiger partial charge in [0.05, 0.1) is 18.7 Å². The Bertz CT molecular complexity index is 976. The summed E-state index contributed by atoms with van der Waals surface area (Å²) in [5.74, 6) is 0. The van der Waals surface area contributed by atoms with E-state index in [2.05, 4.69) is 57.5 Å². The highest BCUT2D eigenvalue weighted by atomic mass is 35.5. The zero-order valence-electron chi connectivity index (χ0n) is 17.4. The molecule has 0 bridgehead atoms. The van der Waals surface area contributed by atoms with Gasteiger partial charge in [0.2, 0.25) is 0 Å². The van der Waals surface area contributed by atoms with Gasteiger partial charge in [-0.25, -0.2) is 0 Å². The van der Waals surface area contributed by atoms with E-state index in [0.29, 0.717) is 6.54 Å². The Kier molecular flexibility index (Phi) is 8.88. The number of fused-ring (bicyclic) bond motifs is 2. The van der Waals surface area contributed by atoms with E-state index in [1.54, 1.807) is 0 Å². The van der Waals surface area contributed by atoms with Gasteiger partial charge in [-0.05, 0) is 43.4 Å². The standard InChI is InChI=1S/C21H28N6O.2ClH/c1-26(2)10-8-24-18-3-4-19-20-16(18)13-15-5-6-23-14-17(15)21(20)25-27(19)11-7-22-9-12-28;;/h3-6,14,22,24,28H,7-13H2,1-2H3;2*1H. The first-order valence-electron chi connectivity index (χ1n) is 9.85. The van der Waals surface area contributed by atoms with Crippen molar-refractivity contribution >= 4 is 41.4 Å². The fraction of sp³-hybridized carbons (Fsp3) is 0.429. The van der Waals surface area contributed by atoms with Crippen LogP contribution < -0.4 is 10.6 Å². The summed E-state index contributed by atoms with van der Waals surface area (Å²) in [6.45, 7) is 4.18. The second kappa shape index (κ2) is 10.9. The third-order valence-electron chi connectivity index (χ3n) is 5.22. The maximum atomic E-state index is 8.97. The fourth-order valence-corrected chi connectivity index (χ4v) is 3.83. The van der Waals surface area contributed by atoms with Crippen LogP contribution in [0, 0.1) is 0 Å². The van der Waals surface area contributed by atoms with E-state index in [-0.39, 0.29) is 31.4 Å². The predicted molar refractivity (Wildman–Crippen MR) is 127 cm³/mol. The molecule has 2 aromatic heterocycles. The van der Waals surface area contributed by atoms with Crippen LogP contribution in [0.5, 0.6) is 0 Å². The van der Waals surface area contributed by atoms with Crippen molar-refractivity contribution in [2.75, 3.05) is 52.2 Å². The molecule has 30 heavy (non-hydrogen) atoms. The van der Waals surface area contributed by atoms with E-state index < -0.39 is 0 Å². The van der Waals surface area contributed by atoms with Crippen molar-refractivity contribution in [3.8, 4) is 11.3 Å². The van der Waals surface area contributed by atoms with Crippen LogP contribution in [-0.2, 0) is 13.0 Å². The number of hydrogen-bond acceptors (Lipinski definition) is 6. The second-order valence-corrected chi connectivity index (χ2v) is 7.47. The average Bonchev–Trinajstić information content (AvgIpc) is 3.06. The first kappa shape index (κ1) is 24.4. The molecule has 0 saturated carbocycles. The molecule has 4 rings (SSSR count). The van der Waals surface area contributed by atoms with Crippen LogP contribution in [0.15, 0.2) is 30.6 Å². The molecule has 3 aromatic rings.